The lowest BCUT2D eigenvalue weighted by atomic mass is 10.0. The minimum atomic E-state index is -0.319. The van der Waals surface area contributed by atoms with Crippen LogP contribution in [0, 0.1) is 5.92 Å². The van der Waals surface area contributed by atoms with Gasteiger partial charge in [0.05, 0.1) is 13.0 Å². The fourth-order valence-electron chi connectivity index (χ4n) is 1.27. The highest BCUT2D eigenvalue weighted by Crippen LogP contribution is 2.09. The smallest absolute Gasteiger partial charge is 0.310 e. The van der Waals surface area contributed by atoms with Crippen LogP contribution in [0.25, 0.3) is 0 Å². The molecule has 1 rings (SSSR count). The fourth-order valence-corrected chi connectivity index (χ4v) is 1.27. The quantitative estimate of drug-likeness (QED) is 0.678. The first-order valence-electron chi connectivity index (χ1n) is 4.65. The Kier molecular flexibility index (Phi) is 4.05. The van der Waals surface area contributed by atoms with Crippen molar-refractivity contribution in [2.24, 2.45) is 11.7 Å². The number of nitrogens with two attached hydrogens (primary N) is 2. The topological polar surface area (TPSA) is 91.2 Å². The third kappa shape index (κ3) is 3.21. The number of carbonyl (C=O) groups excluding carboxylic acids is 1. The summed E-state index contributed by atoms with van der Waals surface area (Å²) in [7, 11) is 1.35. The summed E-state index contributed by atoms with van der Waals surface area (Å²) in [5, 5.41) is 0. The molecule has 0 fully saturated rings. The van der Waals surface area contributed by atoms with Crippen LogP contribution in [0.5, 0.6) is 0 Å². The first kappa shape index (κ1) is 11.5. The molecule has 0 aliphatic rings. The fraction of sp³-hybridized carbons (Fsp3) is 0.400. The molecule has 15 heavy (non-hydrogen) atoms. The Morgan fingerprint density at radius 3 is 2.80 bits per heavy atom. The van der Waals surface area contributed by atoms with Gasteiger partial charge in [0, 0.05) is 12.7 Å². The van der Waals surface area contributed by atoms with Crippen molar-refractivity contribution < 1.29 is 9.53 Å². The zero-order valence-electron chi connectivity index (χ0n) is 8.64. The Hall–Kier alpha value is -1.62. The highest BCUT2D eigenvalue weighted by molar-refractivity contribution is 5.72. The average Bonchev–Trinajstić information content (AvgIpc) is 2.27. The third-order valence-electron chi connectivity index (χ3n) is 2.15. The van der Waals surface area contributed by atoms with Gasteiger partial charge in [-0.25, -0.2) is 4.98 Å². The molecule has 0 amide bonds. The average molecular weight is 209 g/mol. The zero-order chi connectivity index (χ0) is 11.3. The Bertz CT molecular complexity index is 324. The maximum absolute atomic E-state index is 11.3. The molecule has 0 aromatic carbocycles. The van der Waals surface area contributed by atoms with E-state index in [1.165, 1.54) is 7.11 Å². The van der Waals surface area contributed by atoms with E-state index in [4.69, 9.17) is 11.5 Å². The van der Waals surface area contributed by atoms with Gasteiger partial charge in [0.2, 0.25) is 0 Å². The van der Waals surface area contributed by atoms with Gasteiger partial charge in [0.25, 0.3) is 0 Å². The number of nitrogens with zero attached hydrogens (tertiary/aromatic N) is 1. The second-order valence-electron chi connectivity index (χ2n) is 3.25. The minimum absolute atomic E-state index is 0.261. The van der Waals surface area contributed by atoms with Gasteiger partial charge in [-0.3, -0.25) is 4.79 Å². The lowest BCUT2D eigenvalue weighted by Crippen LogP contribution is -2.26. The molecule has 1 aromatic rings. The van der Waals surface area contributed by atoms with Gasteiger partial charge in [0.1, 0.15) is 5.82 Å². The maximum atomic E-state index is 11.3. The van der Waals surface area contributed by atoms with Crippen molar-refractivity contribution in [3.63, 3.8) is 0 Å². The Balaban J connectivity index is 2.66. The molecule has 0 aliphatic carbocycles. The Morgan fingerprint density at radius 2 is 2.33 bits per heavy atom. The molecule has 0 bridgehead atoms. The summed E-state index contributed by atoms with van der Waals surface area (Å²) >= 11 is 0. The number of hydrogen-bond donors (Lipinski definition) is 2. The first-order valence-corrected chi connectivity index (χ1v) is 4.65. The summed E-state index contributed by atoms with van der Waals surface area (Å²) in [5.41, 5.74) is 11.9. The number of esters is 1. The van der Waals surface area contributed by atoms with E-state index in [2.05, 4.69) is 9.72 Å². The number of rotatable bonds is 4. The second-order valence-corrected chi connectivity index (χ2v) is 3.25. The molecule has 0 aliphatic heterocycles. The van der Waals surface area contributed by atoms with Crippen molar-refractivity contribution in [3.8, 4) is 0 Å². The van der Waals surface area contributed by atoms with Gasteiger partial charge in [0.15, 0.2) is 0 Å². The number of aromatic nitrogens is 1. The van der Waals surface area contributed by atoms with E-state index in [9.17, 15) is 4.79 Å². The standard InChI is InChI=1S/C10H15N3O2/c1-15-10(14)8(5-11)4-7-2-3-9(12)13-6-7/h2-3,6,8H,4-5,11H2,1H3,(H2,12,13). The summed E-state index contributed by atoms with van der Waals surface area (Å²) in [6.07, 6.45) is 2.16. The van der Waals surface area contributed by atoms with Crippen LogP contribution < -0.4 is 11.5 Å². The number of carbonyl (C=O) groups is 1. The van der Waals surface area contributed by atoms with E-state index in [0.29, 0.717) is 12.2 Å². The number of ether oxygens (including phenoxy) is 1. The van der Waals surface area contributed by atoms with E-state index in [1.54, 1.807) is 12.3 Å². The molecule has 0 saturated heterocycles. The van der Waals surface area contributed by atoms with Crippen molar-refractivity contribution in [2.75, 3.05) is 19.4 Å². The molecular weight excluding hydrogens is 194 g/mol. The van der Waals surface area contributed by atoms with E-state index in [-0.39, 0.29) is 18.4 Å². The summed E-state index contributed by atoms with van der Waals surface area (Å²) in [4.78, 5) is 15.2. The lowest BCUT2D eigenvalue weighted by Gasteiger charge is -2.11. The van der Waals surface area contributed by atoms with Gasteiger partial charge >= 0.3 is 5.97 Å². The number of pyridine rings is 1. The summed E-state index contributed by atoms with van der Waals surface area (Å²) in [6.45, 7) is 0.261. The molecule has 5 nitrogen and oxygen atoms in total. The lowest BCUT2D eigenvalue weighted by molar-refractivity contribution is -0.145. The summed E-state index contributed by atoms with van der Waals surface area (Å²) < 4.78 is 4.64. The van der Waals surface area contributed by atoms with Crippen molar-refractivity contribution in [2.45, 2.75) is 6.42 Å². The van der Waals surface area contributed by atoms with Crippen LogP contribution in [-0.4, -0.2) is 24.6 Å². The van der Waals surface area contributed by atoms with Gasteiger partial charge in [-0.05, 0) is 18.1 Å². The van der Waals surface area contributed by atoms with Crippen LogP contribution in [0.2, 0.25) is 0 Å². The van der Waals surface area contributed by atoms with Gasteiger partial charge < -0.3 is 16.2 Å². The minimum Gasteiger partial charge on any atom is -0.469 e. The normalized spacial score (nSPS) is 12.1. The van der Waals surface area contributed by atoms with E-state index < -0.39 is 0 Å². The highest BCUT2D eigenvalue weighted by Gasteiger charge is 2.17. The third-order valence-corrected chi connectivity index (χ3v) is 2.15. The zero-order valence-corrected chi connectivity index (χ0v) is 8.64. The number of methoxy groups -OCH3 is 1. The monoisotopic (exact) mass is 209 g/mol. The van der Waals surface area contributed by atoms with E-state index in [1.807, 2.05) is 6.07 Å². The van der Waals surface area contributed by atoms with Crippen LogP contribution in [0.15, 0.2) is 18.3 Å². The Labute approximate surface area is 88.4 Å². The maximum Gasteiger partial charge on any atom is 0.310 e. The molecule has 5 heteroatoms. The van der Waals surface area contributed by atoms with Crippen molar-refractivity contribution in [1.29, 1.82) is 0 Å². The van der Waals surface area contributed by atoms with Crippen LogP contribution in [0.4, 0.5) is 5.82 Å². The molecule has 0 radical (unpaired) electrons. The number of anilines is 1. The van der Waals surface area contributed by atoms with Crippen LogP contribution in [-0.2, 0) is 16.0 Å². The molecule has 0 spiro atoms. The van der Waals surface area contributed by atoms with Crippen molar-refractivity contribution >= 4 is 11.8 Å². The molecule has 1 unspecified atom stereocenters. The Morgan fingerprint density at radius 1 is 1.60 bits per heavy atom. The summed E-state index contributed by atoms with van der Waals surface area (Å²) in [5.74, 6) is -0.157. The van der Waals surface area contributed by atoms with Crippen molar-refractivity contribution in [1.82, 2.24) is 4.98 Å². The number of nitrogen functional groups attached to an aromatic ring is 1. The molecule has 4 N–H and O–H groups in total. The predicted molar refractivity (Wildman–Crippen MR) is 56.9 cm³/mol. The molecule has 0 saturated carbocycles. The number of hydrogen-bond acceptors (Lipinski definition) is 5. The van der Waals surface area contributed by atoms with Gasteiger partial charge in [-0.15, -0.1) is 0 Å². The molecule has 1 aromatic heterocycles. The molecule has 1 heterocycles. The second kappa shape index (κ2) is 5.31. The van der Waals surface area contributed by atoms with Gasteiger partial charge in [-0.2, -0.15) is 0 Å². The molecular formula is C10H15N3O2. The summed E-state index contributed by atoms with van der Waals surface area (Å²) in [6, 6.07) is 3.52. The largest absolute Gasteiger partial charge is 0.469 e. The molecule has 1 atom stereocenters. The van der Waals surface area contributed by atoms with Gasteiger partial charge in [-0.1, -0.05) is 6.07 Å². The first-order chi connectivity index (χ1) is 7.17. The van der Waals surface area contributed by atoms with Crippen LogP contribution in [0.1, 0.15) is 5.56 Å². The van der Waals surface area contributed by atoms with Crippen molar-refractivity contribution in [3.05, 3.63) is 23.9 Å². The van der Waals surface area contributed by atoms with Crippen LogP contribution in [0.3, 0.4) is 0 Å². The highest BCUT2D eigenvalue weighted by atomic mass is 16.5. The molecule has 82 valence electrons. The SMILES string of the molecule is COC(=O)C(CN)Cc1ccc(N)nc1. The van der Waals surface area contributed by atoms with E-state index >= 15 is 0 Å². The van der Waals surface area contributed by atoms with E-state index in [0.717, 1.165) is 5.56 Å². The predicted octanol–water partition coefficient (Wildman–Crippen LogP) is -0.0458. The van der Waals surface area contributed by atoms with Crippen LogP contribution >= 0.6 is 0 Å².